The van der Waals surface area contributed by atoms with Crippen LogP contribution in [-0.2, 0) is 23.0 Å². The lowest BCUT2D eigenvalue weighted by atomic mass is 10.2. The van der Waals surface area contributed by atoms with Crippen molar-refractivity contribution in [3.05, 3.63) is 42.2 Å². The van der Waals surface area contributed by atoms with Crippen LogP contribution in [-0.4, -0.2) is 31.3 Å². The van der Waals surface area contributed by atoms with Gasteiger partial charge in [-0.25, -0.2) is 13.1 Å². The molecule has 6 nitrogen and oxygen atoms in total. The van der Waals surface area contributed by atoms with E-state index in [2.05, 4.69) is 15.1 Å². The van der Waals surface area contributed by atoms with E-state index in [4.69, 9.17) is 0 Å². The van der Waals surface area contributed by atoms with Gasteiger partial charge in [-0.05, 0) is 36.2 Å². The first kappa shape index (κ1) is 13.1. The molecule has 0 saturated carbocycles. The molecule has 0 atom stereocenters. The fraction of sp³-hybridized carbons (Fsp3) is 0.308. The number of hydrogen-bond donors (Lipinski definition) is 2. The minimum Gasteiger partial charge on any atom is -0.384 e. The van der Waals surface area contributed by atoms with E-state index in [0.29, 0.717) is 18.0 Å². The molecule has 3 rings (SSSR count). The SMILES string of the molecule is O=S(=O)(NCCn1cccn1)c1ccc2c(c1)CCN2. The van der Waals surface area contributed by atoms with Crippen molar-refractivity contribution in [1.29, 1.82) is 0 Å². The number of nitrogens with one attached hydrogen (secondary N) is 2. The minimum atomic E-state index is -3.45. The first-order chi connectivity index (χ1) is 9.65. The van der Waals surface area contributed by atoms with Crippen molar-refractivity contribution in [2.45, 2.75) is 17.9 Å². The van der Waals surface area contributed by atoms with Gasteiger partial charge in [-0.1, -0.05) is 0 Å². The number of nitrogens with zero attached hydrogens (tertiary/aromatic N) is 2. The average Bonchev–Trinajstić information content (AvgIpc) is 3.08. The summed E-state index contributed by atoms with van der Waals surface area (Å²) in [6.07, 6.45) is 4.34. The Balaban J connectivity index is 1.68. The molecule has 1 aliphatic heterocycles. The van der Waals surface area contributed by atoms with Crippen LogP contribution in [0.15, 0.2) is 41.6 Å². The van der Waals surface area contributed by atoms with E-state index in [1.165, 1.54) is 0 Å². The predicted octanol–water partition coefficient (Wildman–Crippen LogP) is 0.830. The number of hydrogen-bond acceptors (Lipinski definition) is 4. The van der Waals surface area contributed by atoms with Gasteiger partial charge in [0.15, 0.2) is 0 Å². The van der Waals surface area contributed by atoms with Crippen molar-refractivity contribution in [2.75, 3.05) is 18.4 Å². The molecule has 0 radical (unpaired) electrons. The van der Waals surface area contributed by atoms with Crippen molar-refractivity contribution in [3.63, 3.8) is 0 Å². The van der Waals surface area contributed by atoms with Crippen LogP contribution in [0.3, 0.4) is 0 Å². The van der Waals surface area contributed by atoms with Gasteiger partial charge in [0.1, 0.15) is 0 Å². The molecule has 2 heterocycles. The summed E-state index contributed by atoms with van der Waals surface area (Å²) in [7, 11) is -3.45. The first-order valence-corrected chi connectivity index (χ1v) is 7.97. The lowest BCUT2D eigenvalue weighted by Crippen LogP contribution is -2.27. The Morgan fingerprint density at radius 2 is 2.30 bits per heavy atom. The fourth-order valence-corrected chi connectivity index (χ4v) is 3.33. The topological polar surface area (TPSA) is 76.0 Å². The third kappa shape index (κ3) is 2.68. The van der Waals surface area contributed by atoms with Gasteiger partial charge < -0.3 is 5.32 Å². The van der Waals surface area contributed by atoms with Crippen molar-refractivity contribution in [1.82, 2.24) is 14.5 Å². The molecule has 20 heavy (non-hydrogen) atoms. The molecule has 1 aromatic heterocycles. The lowest BCUT2D eigenvalue weighted by Gasteiger charge is -2.08. The van der Waals surface area contributed by atoms with Crippen LogP contribution >= 0.6 is 0 Å². The van der Waals surface area contributed by atoms with Crippen LogP contribution in [0.1, 0.15) is 5.56 Å². The summed E-state index contributed by atoms with van der Waals surface area (Å²) in [6.45, 7) is 1.70. The highest BCUT2D eigenvalue weighted by Gasteiger charge is 2.17. The molecule has 0 spiro atoms. The molecule has 0 amide bonds. The van der Waals surface area contributed by atoms with Crippen LogP contribution in [0.4, 0.5) is 5.69 Å². The molecule has 0 fully saturated rings. The predicted molar refractivity (Wildman–Crippen MR) is 76.1 cm³/mol. The van der Waals surface area contributed by atoms with Gasteiger partial charge >= 0.3 is 0 Å². The molecule has 2 N–H and O–H groups in total. The Morgan fingerprint density at radius 3 is 3.10 bits per heavy atom. The van der Waals surface area contributed by atoms with E-state index in [9.17, 15) is 8.42 Å². The smallest absolute Gasteiger partial charge is 0.240 e. The Morgan fingerprint density at radius 1 is 1.40 bits per heavy atom. The van der Waals surface area contributed by atoms with E-state index in [1.807, 2.05) is 12.1 Å². The highest BCUT2D eigenvalue weighted by molar-refractivity contribution is 7.89. The Bertz CT molecular complexity index is 695. The Kier molecular flexibility index (Phi) is 3.45. The van der Waals surface area contributed by atoms with Gasteiger partial charge in [-0.2, -0.15) is 5.10 Å². The number of sulfonamides is 1. The second kappa shape index (κ2) is 5.26. The maximum absolute atomic E-state index is 12.2. The third-order valence-corrected chi connectivity index (χ3v) is 4.75. The summed E-state index contributed by atoms with van der Waals surface area (Å²) in [5, 5.41) is 7.24. The molecule has 0 bridgehead atoms. The van der Waals surface area contributed by atoms with Gasteiger partial charge in [0.05, 0.1) is 11.4 Å². The second-order valence-electron chi connectivity index (χ2n) is 4.66. The zero-order chi connectivity index (χ0) is 14.0. The minimum absolute atomic E-state index is 0.319. The average molecular weight is 292 g/mol. The first-order valence-electron chi connectivity index (χ1n) is 6.49. The molecule has 2 aromatic rings. The number of fused-ring (bicyclic) bond motifs is 1. The van der Waals surface area contributed by atoms with Gasteiger partial charge in [-0.15, -0.1) is 0 Å². The van der Waals surface area contributed by atoms with E-state index >= 15 is 0 Å². The van der Waals surface area contributed by atoms with E-state index < -0.39 is 10.0 Å². The zero-order valence-electron chi connectivity index (χ0n) is 10.9. The summed E-state index contributed by atoms with van der Waals surface area (Å²) in [4.78, 5) is 0.320. The highest BCUT2D eigenvalue weighted by Crippen LogP contribution is 2.24. The summed E-state index contributed by atoms with van der Waals surface area (Å²) >= 11 is 0. The lowest BCUT2D eigenvalue weighted by molar-refractivity contribution is 0.561. The molecule has 0 aliphatic carbocycles. The number of aromatic nitrogens is 2. The second-order valence-corrected chi connectivity index (χ2v) is 6.43. The van der Waals surface area contributed by atoms with Crippen molar-refractivity contribution >= 4 is 15.7 Å². The van der Waals surface area contributed by atoms with Crippen LogP contribution < -0.4 is 10.0 Å². The van der Waals surface area contributed by atoms with Crippen molar-refractivity contribution in [3.8, 4) is 0 Å². The number of anilines is 1. The maximum Gasteiger partial charge on any atom is 0.240 e. The molecule has 1 aliphatic rings. The summed E-state index contributed by atoms with van der Waals surface area (Å²) < 4.78 is 28.7. The Hall–Kier alpha value is -1.86. The summed E-state index contributed by atoms with van der Waals surface area (Å²) in [6, 6.07) is 7.01. The van der Waals surface area contributed by atoms with Crippen LogP contribution in [0, 0.1) is 0 Å². The standard InChI is InChI=1S/C13H16N4O2S/c18-20(19,16-7-9-17-8-1-5-15-17)12-2-3-13-11(10-12)4-6-14-13/h1-3,5,8,10,14,16H,4,6-7,9H2. The number of rotatable bonds is 5. The Labute approximate surface area is 117 Å². The van der Waals surface area contributed by atoms with E-state index in [-0.39, 0.29) is 0 Å². The normalized spacial score (nSPS) is 14.0. The quantitative estimate of drug-likeness (QED) is 0.856. The highest BCUT2D eigenvalue weighted by atomic mass is 32.2. The van der Waals surface area contributed by atoms with Crippen LogP contribution in [0.2, 0.25) is 0 Å². The monoisotopic (exact) mass is 292 g/mol. The maximum atomic E-state index is 12.2. The van der Waals surface area contributed by atoms with E-state index in [0.717, 1.165) is 24.2 Å². The molecule has 0 saturated heterocycles. The number of benzene rings is 1. The van der Waals surface area contributed by atoms with Gasteiger partial charge in [0.25, 0.3) is 0 Å². The van der Waals surface area contributed by atoms with Crippen LogP contribution in [0.25, 0.3) is 0 Å². The van der Waals surface area contributed by atoms with E-state index in [1.54, 1.807) is 29.2 Å². The zero-order valence-corrected chi connectivity index (χ0v) is 11.7. The molecule has 106 valence electrons. The molecule has 1 aromatic carbocycles. The molecular formula is C13H16N4O2S. The molecular weight excluding hydrogens is 276 g/mol. The van der Waals surface area contributed by atoms with Gasteiger partial charge in [0, 0.05) is 31.2 Å². The fourth-order valence-electron chi connectivity index (χ4n) is 2.26. The van der Waals surface area contributed by atoms with Crippen molar-refractivity contribution in [2.24, 2.45) is 0 Å². The largest absolute Gasteiger partial charge is 0.384 e. The van der Waals surface area contributed by atoms with Gasteiger partial charge in [-0.3, -0.25) is 4.68 Å². The summed E-state index contributed by atoms with van der Waals surface area (Å²) in [5.74, 6) is 0. The molecule has 7 heteroatoms. The molecule has 0 unspecified atom stereocenters. The van der Waals surface area contributed by atoms with Gasteiger partial charge in [0.2, 0.25) is 10.0 Å². The van der Waals surface area contributed by atoms with Crippen LogP contribution in [0.5, 0.6) is 0 Å². The summed E-state index contributed by atoms with van der Waals surface area (Å²) in [5.41, 5.74) is 2.08. The third-order valence-electron chi connectivity index (χ3n) is 3.29. The van der Waals surface area contributed by atoms with Crippen molar-refractivity contribution < 1.29 is 8.42 Å².